The van der Waals surface area contributed by atoms with Crippen molar-refractivity contribution in [3.05, 3.63) is 27.4 Å². The molecule has 2 rings (SSSR count). The van der Waals surface area contributed by atoms with Crippen LogP contribution in [0.25, 0.3) is 0 Å². The van der Waals surface area contributed by atoms with Gasteiger partial charge in [-0.1, -0.05) is 0 Å². The molecule has 17 heavy (non-hydrogen) atoms. The average molecular weight is 280 g/mol. The van der Waals surface area contributed by atoms with Crippen LogP contribution in [0.3, 0.4) is 0 Å². The summed E-state index contributed by atoms with van der Waals surface area (Å²) < 4.78 is 1.90. The quantitative estimate of drug-likeness (QED) is 0.575. The Hall–Kier alpha value is -0.580. The number of hydrogen-bond acceptors (Lipinski definition) is 1. The predicted octanol–water partition coefficient (Wildman–Crippen LogP) is -6.90. The summed E-state index contributed by atoms with van der Waals surface area (Å²) in [4.78, 5) is 15.5. The second-order valence-corrected chi connectivity index (χ2v) is 4.19. The number of nitrogens with one attached hydrogen (secondary N) is 1. The molecule has 0 amide bonds. The van der Waals surface area contributed by atoms with E-state index in [1.807, 2.05) is 11.5 Å². The maximum absolute atomic E-state index is 12.1. The molecule has 4 nitrogen and oxygen atoms in total. The SMILES string of the molecule is Cc1[nH+]c2n(c(=O)c1CC[NH3+])CCCC2.[Cl-].[Cl-]. The normalized spacial score (nSPS) is 13.3. The van der Waals surface area contributed by atoms with Gasteiger partial charge in [0.15, 0.2) is 0 Å². The Morgan fingerprint density at radius 1 is 1.35 bits per heavy atom. The first-order valence-corrected chi connectivity index (χ1v) is 5.67. The summed E-state index contributed by atoms with van der Waals surface area (Å²) in [6.07, 6.45) is 4.08. The first kappa shape index (κ1) is 16.4. The number of fused-ring (bicyclic) bond motifs is 1. The first-order chi connectivity index (χ1) is 7.24. The summed E-state index contributed by atoms with van der Waals surface area (Å²) in [5.74, 6) is 1.09. The minimum absolute atomic E-state index is 0. The molecule has 1 aromatic rings. The molecule has 2 heterocycles. The molecule has 0 aliphatic carbocycles. The van der Waals surface area contributed by atoms with Crippen LogP contribution >= 0.6 is 0 Å². The van der Waals surface area contributed by atoms with E-state index in [0.29, 0.717) is 0 Å². The predicted molar refractivity (Wildman–Crippen MR) is 56.4 cm³/mol. The molecule has 0 fully saturated rings. The third-order valence-corrected chi connectivity index (χ3v) is 3.09. The standard InChI is InChI=1S/C11H17N3O.2ClH/c1-8-9(5-6-12)11(15)14-7-3-2-4-10(14)13-8;;/h2-7,12H2,1H3;2*1H. The molecular formula is C11H19Cl2N3O. The minimum atomic E-state index is 0. The van der Waals surface area contributed by atoms with Gasteiger partial charge in [-0.05, 0) is 19.8 Å². The van der Waals surface area contributed by atoms with Gasteiger partial charge >= 0.3 is 5.56 Å². The van der Waals surface area contributed by atoms with E-state index in [1.165, 1.54) is 6.42 Å². The number of aromatic amines is 1. The molecule has 0 spiro atoms. The topological polar surface area (TPSA) is 63.8 Å². The van der Waals surface area contributed by atoms with Crippen LogP contribution < -0.4 is 41.1 Å². The number of quaternary nitrogens is 1. The van der Waals surface area contributed by atoms with E-state index < -0.39 is 0 Å². The smallest absolute Gasteiger partial charge is 0.341 e. The highest BCUT2D eigenvalue weighted by Crippen LogP contribution is 2.09. The largest absolute Gasteiger partial charge is 1.00 e. The van der Waals surface area contributed by atoms with Crippen LogP contribution in [0.15, 0.2) is 4.79 Å². The molecule has 0 atom stereocenters. The van der Waals surface area contributed by atoms with Crippen LogP contribution in [0, 0.1) is 6.92 Å². The number of nitrogens with zero attached hydrogens (tertiary/aromatic N) is 1. The van der Waals surface area contributed by atoms with Crippen molar-refractivity contribution < 1.29 is 35.5 Å². The van der Waals surface area contributed by atoms with Crippen LogP contribution in [0.1, 0.15) is 29.9 Å². The molecule has 6 heteroatoms. The molecule has 0 radical (unpaired) electrons. The maximum atomic E-state index is 12.1. The van der Waals surface area contributed by atoms with Gasteiger partial charge in [-0.15, -0.1) is 0 Å². The number of aromatic nitrogens is 2. The Kier molecular flexibility index (Phi) is 6.75. The van der Waals surface area contributed by atoms with Gasteiger partial charge in [-0.3, -0.25) is 0 Å². The summed E-state index contributed by atoms with van der Waals surface area (Å²) in [7, 11) is 0. The van der Waals surface area contributed by atoms with Gasteiger partial charge in [-0.2, -0.15) is 4.57 Å². The Labute approximate surface area is 113 Å². The van der Waals surface area contributed by atoms with Gasteiger partial charge in [0.1, 0.15) is 5.69 Å². The number of aryl methyl sites for hydroxylation is 2. The fourth-order valence-corrected chi connectivity index (χ4v) is 2.27. The Morgan fingerprint density at radius 3 is 2.71 bits per heavy atom. The van der Waals surface area contributed by atoms with Crippen LogP contribution in [0.2, 0.25) is 0 Å². The van der Waals surface area contributed by atoms with Crippen molar-refractivity contribution in [3.63, 3.8) is 0 Å². The maximum Gasteiger partial charge on any atom is 0.341 e. The highest BCUT2D eigenvalue weighted by Gasteiger charge is 2.22. The molecule has 4 N–H and O–H groups in total. The summed E-state index contributed by atoms with van der Waals surface area (Å²) in [5, 5.41) is 0. The van der Waals surface area contributed by atoms with E-state index >= 15 is 0 Å². The fourth-order valence-electron chi connectivity index (χ4n) is 2.27. The first-order valence-electron chi connectivity index (χ1n) is 5.67. The number of rotatable bonds is 2. The molecule has 1 aliphatic heterocycles. The molecule has 0 saturated carbocycles. The van der Waals surface area contributed by atoms with E-state index in [-0.39, 0.29) is 30.4 Å². The van der Waals surface area contributed by atoms with Crippen molar-refractivity contribution in [1.29, 1.82) is 0 Å². The zero-order valence-electron chi connectivity index (χ0n) is 10.1. The van der Waals surface area contributed by atoms with E-state index in [9.17, 15) is 4.79 Å². The fraction of sp³-hybridized carbons (Fsp3) is 0.636. The molecule has 1 aromatic heterocycles. The van der Waals surface area contributed by atoms with Crippen molar-refractivity contribution in [2.75, 3.05) is 6.54 Å². The van der Waals surface area contributed by atoms with E-state index in [1.54, 1.807) is 0 Å². The molecule has 0 bridgehead atoms. The molecule has 0 saturated heterocycles. The molecule has 0 aromatic carbocycles. The van der Waals surface area contributed by atoms with Crippen LogP contribution in [0.4, 0.5) is 0 Å². The second kappa shape index (κ2) is 6.99. The zero-order chi connectivity index (χ0) is 10.8. The summed E-state index contributed by atoms with van der Waals surface area (Å²) >= 11 is 0. The van der Waals surface area contributed by atoms with Crippen LogP contribution in [0.5, 0.6) is 0 Å². The average Bonchev–Trinajstić information content (AvgIpc) is 2.24. The summed E-state index contributed by atoms with van der Waals surface area (Å²) in [5.41, 5.74) is 5.95. The second-order valence-electron chi connectivity index (χ2n) is 4.19. The van der Waals surface area contributed by atoms with Crippen molar-refractivity contribution in [1.82, 2.24) is 4.57 Å². The van der Waals surface area contributed by atoms with Crippen LogP contribution in [-0.2, 0) is 19.4 Å². The van der Waals surface area contributed by atoms with E-state index in [4.69, 9.17) is 0 Å². The lowest BCUT2D eigenvalue weighted by Crippen LogP contribution is -3.00. The van der Waals surface area contributed by atoms with Gasteiger partial charge in [-0.25, -0.2) is 9.78 Å². The third-order valence-electron chi connectivity index (χ3n) is 3.09. The highest BCUT2D eigenvalue weighted by atomic mass is 35.5. The van der Waals surface area contributed by atoms with E-state index in [2.05, 4.69) is 10.7 Å². The van der Waals surface area contributed by atoms with Gasteiger partial charge < -0.3 is 30.5 Å². The number of H-pyrrole nitrogens is 1. The summed E-state index contributed by atoms with van der Waals surface area (Å²) in [6, 6.07) is 0. The van der Waals surface area contributed by atoms with Crippen molar-refractivity contribution in [3.8, 4) is 0 Å². The third kappa shape index (κ3) is 3.21. The zero-order valence-corrected chi connectivity index (χ0v) is 11.6. The number of hydrogen-bond donors (Lipinski definition) is 1. The van der Waals surface area contributed by atoms with Gasteiger partial charge in [0.2, 0.25) is 0 Å². The Bertz CT molecular complexity index is 431. The van der Waals surface area contributed by atoms with Gasteiger partial charge in [0.25, 0.3) is 5.82 Å². The van der Waals surface area contributed by atoms with Crippen LogP contribution in [-0.4, -0.2) is 11.1 Å². The van der Waals surface area contributed by atoms with E-state index in [0.717, 1.165) is 49.4 Å². The molecular weight excluding hydrogens is 261 g/mol. The number of halogens is 2. The molecule has 1 aliphatic rings. The Morgan fingerprint density at radius 2 is 2.06 bits per heavy atom. The van der Waals surface area contributed by atoms with Crippen molar-refractivity contribution >= 4 is 0 Å². The van der Waals surface area contributed by atoms with Crippen molar-refractivity contribution in [2.24, 2.45) is 0 Å². The summed E-state index contributed by atoms with van der Waals surface area (Å²) in [6.45, 7) is 3.64. The van der Waals surface area contributed by atoms with Gasteiger partial charge in [0.05, 0.1) is 18.7 Å². The Balaban J connectivity index is 0.00000128. The molecule has 98 valence electrons. The monoisotopic (exact) mass is 279 g/mol. The lowest BCUT2D eigenvalue weighted by molar-refractivity contribution is -0.411. The van der Waals surface area contributed by atoms with Crippen molar-refractivity contribution in [2.45, 2.75) is 39.2 Å². The lowest BCUT2D eigenvalue weighted by atomic mass is 10.1. The molecule has 0 unspecified atom stereocenters. The lowest BCUT2D eigenvalue weighted by Gasteiger charge is -2.12. The minimum Gasteiger partial charge on any atom is -1.00 e. The highest BCUT2D eigenvalue weighted by molar-refractivity contribution is 5.13. The van der Waals surface area contributed by atoms with Gasteiger partial charge in [0, 0.05) is 12.8 Å².